The number of rotatable bonds is 4. The number of ether oxygens (including phenoxy) is 1. The Hall–Kier alpha value is -0.740. The fourth-order valence-corrected chi connectivity index (χ4v) is 2.28. The lowest BCUT2D eigenvalue weighted by molar-refractivity contribution is 0.398. The normalized spacial score (nSPS) is 10.4. The van der Waals surface area contributed by atoms with Gasteiger partial charge in [0.05, 0.1) is 11.6 Å². The van der Waals surface area contributed by atoms with Crippen LogP contribution in [-0.2, 0) is 6.42 Å². The van der Waals surface area contributed by atoms with Crippen molar-refractivity contribution in [3.8, 4) is 11.5 Å². The molecule has 1 aromatic rings. The molecule has 15 heavy (non-hydrogen) atoms. The maximum Gasteiger partial charge on any atom is 0.139 e. The van der Waals surface area contributed by atoms with Gasteiger partial charge in [0.1, 0.15) is 11.5 Å². The first-order chi connectivity index (χ1) is 7.11. The molecule has 0 amide bonds. The van der Waals surface area contributed by atoms with Gasteiger partial charge in [0, 0.05) is 5.56 Å². The second-order valence-electron chi connectivity index (χ2n) is 3.42. The molecule has 4 heteroatoms. The van der Waals surface area contributed by atoms with Crippen molar-refractivity contribution in [3.05, 3.63) is 21.7 Å². The topological polar surface area (TPSA) is 55.5 Å². The Balaban J connectivity index is 3.10. The molecular weight excluding hydrogens is 258 g/mol. The minimum atomic E-state index is 0.309. The van der Waals surface area contributed by atoms with Gasteiger partial charge in [-0.05, 0) is 53.9 Å². The van der Waals surface area contributed by atoms with Crippen LogP contribution in [0.5, 0.6) is 11.5 Å². The maximum atomic E-state index is 9.92. The molecule has 0 aliphatic heterocycles. The first kappa shape index (κ1) is 12.3. The molecule has 0 heterocycles. The van der Waals surface area contributed by atoms with E-state index in [1.54, 1.807) is 7.11 Å². The summed E-state index contributed by atoms with van der Waals surface area (Å²) in [6.07, 6.45) is 1.65. The molecule has 0 aromatic heterocycles. The summed E-state index contributed by atoms with van der Waals surface area (Å²) in [4.78, 5) is 0. The molecule has 0 atom stereocenters. The van der Waals surface area contributed by atoms with Crippen LogP contribution in [0.15, 0.2) is 10.5 Å². The molecule has 0 unspecified atom stereocenters. The molecule has 0 bridgehead atoms. The highest BCUT2D eigenvalue weighted by atomic mass is 79.9. The van der Waals surface area contributed by atoms with Gasteiger partial charge in [-0.25, -0.2) is 0 Å². The van der Waals surface area contributed by atoms with Crippen LogP contribution in [0.2, 0.25) is 0 Å². The SMILES string of the molecule is COc1c(Br)cc(CCCN)c(O)c1C. The summed E-state index contributed by atoms with van der Waals surface area (Å²) in [5.41, 5.74) is 7.11. The Kier molecular flexibility index (Phi) is 4.42. The Morgan fingerprint density at radius 3 is 2.73 bits per heavy atom. The summed E-state index contributed by atoms with van der Waals surface area (Å²) in [5.74, 6) is 0.993. The van der Waals surface area contributed by atoms with E-state index < -0.39 is 0 Å². The van der Waals surface area contributed by atoms with E-state index in [4.69, 9.17) is 10.5 Å². The van der Waals surface area contributed by atoms with E-state index in [0.717, 1.165) is 28.4 Å². The van der Waals surface area contributed by atoms with Gasteiger partial charge in [0.15, 0.2) is 0 Å². The van der Waals surface area contributed by atoms with E-state index in [-0.39, 0.29) is 0 Å². The highest BCUT2D eigenvalue weighted by Gasteiger charge is 2.13. The highest BCUT2D eigenvalue weighted by Crippen LogP contribution is 2.37. The van der Waals surface area contributed by atoms with Crippen LogP contribution in [0.4, 0.5) is 0 Å². The van der Waals surface area contributed by atoms with Gasteiger partial charge < -0.3 is 15.6 Å². The van der Waals surface area contributed by atoms with Crippen LogP contribution in [0.1, 0.15) is 17.5 Å². The van der Waals surface area contributed by atoms with Gasteiger partial charge in [-0.1, -0.05) is 0 Å². The summed E-state index contributed by atoms with van der Waals surface area (Å²) in [7, 11) is 1.59. The van der Waals surface area contributed by atoms with Crippen molar-refractivity contribution in [2.45, 2.75) is 19.8 Å². The number of hydrogen-bond donors (Lipinski definition) is 2. The average molecular weight is 274 g/mol. The van der Waals surface area contributed by atoms with Crippen molar-refractivity contribution in [2.75, 3.05) is 13.7 Å². The molecule has 3 nitrogen and oxygen atoms in total. The Labute approximate surface area is 98.4 Å². The molecule has 1 aromatic carbocycles. The smallest absolute Gasteiger partial charge is 0.139 e. The maximum absolute atomic E-state index is 9.92. The van der Waals surface area contributed by atoms with Gasteiger partial charge in [-0.3, -0.25) is 0 Å². The van der Waals surface area contributed by atoms with Crippen molar-refractivity contribution in [2.24, 2.45) is 5.73 Å². The molecule has 1 rings (SSSR count). The monoisotopic (exact) mass is 273 g/mol. The number of halogens is 1. The van der Waals surface area contributed by atoms with Gasteiger partial charge in [-0.15, -0.1) is 0 Å². The molecule has 0 aliphatic rings. The number of phenolic OH excluding ortho intramolecular Hbond substituents is 1. The summed E-state index contributed by atoms with van der Waals surface area (Å²) in [6.45, 7) is 2.47. The summed E-state index contributed by atoms with van der Waals surface area (Å²) in [5, 5.41) is 9.92. The molecular formula is C11H16BrNO2. The van der Waals surface area contributed by atoms with Crippen LogP contribution in [0.3, 0.4) is 0 Å². The number of benzene rings is 1. The van der Waals surface area contributed by atoms with E-state index in [9.17, 15) is 5.11 Å². The van der Waals surface area contributed by atoms with Gasteiger partial charge in [0.2, 0.25) is 0 Å². The summed E-state index contributed by atoms with van der Waals surface area (Å²) >= 11 is 3.42. The molecule has 0 radical (unpaired) electrons. The second kappa shape index (κ2) is 5.37. The lowest BCUT2D eigenvalue weighted by atomic mass is 10.0. The zero-order valence-electron chi connectivity index (χ0n) is 9.01. The van der Waals surface area contributed by atoms with E-state index in [0.29, 0.717) is 18.0 Å². The van der Waals surface area contributed by atoms with Crippen molar-refractivity contribution in [1.82, 2.24) is 0 Å². The van der Waals surface area contributed by atoms with Crippen molar-refractivity contribution in [3.63, 3.8) is 0 Å². The third kappa shape index (κ3) is 2.63. The lowest BCUT2D eigenvalue weighted by Gasteiger charge is -2.13. The largest absolute Gasteiger partial charge is 0.507 e. The van der Waals surface area contributed by atoms with Crippen molar-refractivity contribution in [1.29, 1.82) is 0 Å². The van der Waals surface area contributed by atoms with Gasteiger partial charge in [-0.2, -0.15) is 0 Å². The number of nitrogens with two attached hydrogens (primary N) is 1. The molecule has 0 saturated heterocycles. The number of methoxy groups -OCH3 is 1. The van der Waals surface area contributed by atoms with Crippen LogP contribution in [-0.4, -0.2) is 18.8 Å². The zero-order chi connectivity index (χ0) is 11.4. The standard InChI is InChI=1S/C11H16BrNO2/c1-7-10(14)8(4-3-5-13)6-9(12)11(7)15-2/h6,14H,3-5,13H2,1-2H3. The van der Waals surface area contributed by atoms with Crippen LogP contribution < -0.4 is 10.5 Å². The van der Waals surface area contributed by atoms with E-state index in [1.807, 2.05) is 13.0 Å². The predicted octanol–water partition coefficient (Wildman–Crippen LogP) is 2.36. The Bertz CT molecular complexity index is 353. The quantitative estimate of drug-likeness (QED) is 0.886. The van der Waals surface area contributed by atoms with Crippen molar-refractivity contribution < 1.29 is 9.84 Å². The third-order valence-corrected chi connectivity index (χ3v) is 2.96. The lowest BCUT2D eigenvalue weighted by Crippen LogP contribution is -2.01. The van der Waals surface area contributed by atoms with Crippen LogP contribution in [0.25, 0.3) is 0 Å². The number of aromatic hydroxyl groups is 1. The van der Waals surface area contributed by atoms with Gasteiger partial charge in [0.25, 0.3) is 0 Å². The van der Waals surface area contributed by atoms with Gasteiger partial charge >= 0.3 is 0 Å². The molecule has 0 fully saturated rings. The number of hydrogen-bond acceptors (Lipinski definition) is 3. The summed E-state index contributed by atoms with van der Waals surface area (Å²) in [6, 6.07) is 1.89. The van der Waals surface area contributed by atoms with Crippen molar-refractivity contribution >= 4 is 15.9 Å². The number of aryl methyl sites for hydroxylation is 1. The summed E-state index contributed by atoms with van der Waals surface area (Å²) < 4.78 is 6.05. The fourth-order valence-electron chi connectivity index (χ4n) is 1.55. The molecule has 3 N–H and O–H groups in total. The molecule has 0 saturated carbocycles. The first-order valence-electron chi connectivity index (χ1n) is 4.86. The van der Waals surface area contributed by atoms with E-state index in [1.165, 1.54) is 0 Å². The Morgan fingerprint density at radius 1 is 1.53 bits per heavy atom. The molecule has 0 aliphatic carbocycles. The highest BCUT2D eigenvalue weighted by molar-refractivity contribution is 9.10. The Morgan fingerprint density at radius 2 is 2.20 bits per heavy atom. The minimum absolute atomic E-state index is 0.309. The predicted molar refractivity (Wildman–Crippen MR) is 64.5 cm³/mol. The van der Waals surface area contributed by atoms with E-state index >= 15 is 0 Å². The zero-order valence-corrected chi connectivity index (χ0v) is 10.6. The van der Waals surface area contributed by atoms with Crippen LogP contribution in [0, 0.1) is 6.92 Å². The second-order valence-corrected chi connectivity index (χ2v) is 4.27. The first-order valence-corrected chi connectivity index (χ1v) is 5.66. The van der Waals surface area contributed by atoms with Crippen LogP contribution >= 0.6 is 15.9 Å². The number of phenols is 1. The molecule has 0 spiro atoms. The fraction of sp³-hybridized carbons (Fsp3) is 0.455. The molecule has 84 valence electrons. The third-order valence-electron chi connectivity index (χ3n) is 2.37. The average Bonchev–Trinajstić information content (AvgIpc) is 2.22. The minimum Gasteiger partial charge on any atom is -0.507 e. The van der Waals surface area contributed by atoms with E-state index in [2.05, 4.69) is 15.9 Å².